The lowest BCUT2D eigenvalue weighted by molar-refractivity contribution is -0.344. The van der Waals surface area contributed by atoms with E-state index in [0.29, 0.717) is 12.7 Å². The number of likely N-dealkylation sites (N-methyl/N-ethyl adjacent to an activating group) is 1. The number of hydrogen-bond donors (Lipinski definition) is 2. The minimum absolute atomic E-state index is 0.0572. The van der Waals surface area contributed by atoms with Crippen molar-refractivity contribution in [3.05, 3.63) is 24.3 Å². The van der Waals surface area contributed by atoms with Crippen LogP contribution in [0.2, 0.25) is 0 Å². The van der Waals surface area contributed by atoms with Crippen molar-refractivity contribution in [2.24, 2.45) is 17.8 Å². The highest BCUT2D eigenvalue weighted by atomic mass is 16.7. The highest BCUT2D eigenvalue weighted by Crippen LogP contribution is 2.38. The SMILES string of the molecule is CCC(=O)O[C@@H]1C=CC=CC[C@H](C)OC(=O)C[C@H](OC(C)=O)[C@H](OC)[C@H](O[C@@H]2O[C@H](C)[C@H](O[C@@H]3C[C@](C)(O)[C@H](OC(=O)CC(C)C)[C@H](C)O3)[C@H](N(C)C)[C@@H]2O)[C@@H](CC=O)C[C@H]1C. The van der Waals surface area contributed by atoms with E-state index in [4.69, 9.17) is 42.6 Å². The summed E-state index contributed by atoms with van der Waals surface area (Å²) < 4.78 is 54.7. The van der Waals surface area contributed by atoms with Crippen molar-refractivity contribution in [1.82, 2.24) is 4.90 Å². The summed E-state index contributed by atoms with van der Waals surface area (Å²) in [5.74, 6) is -3.31. The molecule has 3 aliphatic rings. The highest BCUT2D eigenvalue weighted by Gasteiger charge is 2.53. The van der Waals surface area contributed by atoms with E-state index in [2.05, 4.69) is 0 Å². The van der Waals surface area contributed by atoms with Gasteiger partial charge in [-0.3, -0.25) is 19.2 Å². The molecule has 0 aromatic carbocycles. The van der Waals surface area contributed by atoms with Crippen LogP contribution in [0.3, 0.4) is 0 Å². The molecule has 0 aliphatic carbocycles. The average molecular weight is 884 g/mol. The molecular formula is C45H73NO16. The van der Waals surface area contributed by atoms with E-state index in [-0.39, 0.29) is 38.0 Å². The maximum Gasteiger partial charge on any atom is 0.309 e. The Morgan fingerprint density at radius 3 is 2.26 bits per heavy atom. The van der Waals surface area contributed by atoms with Crippen molar-refractivity contribution in [2.45, 2.75) is 193 Å². The van der Waals surface area contributed by atoms with Crippen LogP contribution >= 0.6 is 0 Å². The number of aliphatic hydroxyl groups excluding tert-OH is 1. The average Bonchev–Trinajstić information content (AvgIpc) is 3.15. The molecule has 62 heavy (non-hydrogen) atoms. The summed E-state index contributed by atoms with van der Waals surface area (Å²) in [6.07, 6.45) is -3.95. The Morgan fingerprint density at radius 1 is 0.984 bits per heavy atom. The predicted molar refractivity (Wildman–Crippen MR) is 224 cm³/mol. The molecular weight excluding hydrogens is 810 g/mol. The van der Waals surface area contributed by atoms with Gasteiger partial charge in [-0.1, -0.05) is 45.9 Å². The lowest BCUT2D eigenvalue weighted by atomic mass is 9.82. The second kappa shape index (κ2) is 24.7. The molecule has 2 fully saturated rings. The van der Waals surface area contributed by atoms with Crippen LogP contribution in [0.25, 0.3) is 0 Å². The Bertz CT molecular complexity index is 1520. The Labute approximate surface area is 367 Å². The number of esters is 4. The molecule has 0 bridgehead atoms. The molecule has 16 atom stereocenters. The van der Waals surface area contributed by atoms with Gasteiger partial charge < -0.3 is 62.5 Å². The largest absolute Gasteiger partial charge is 0.462 e. The van der Waals surface area contributed by atoms with Crippen molar-refractivity contribution < 1.29 is 76.8 Å². The second-order valence-corrected chi connectivity index (χ2v) is 17.8. The number of hydrogen-bond acceptors (Lipinski definition) is 17. The zero-order valence-electron chi connectivity index (χ0n) is 38.6. The summed E-state index contributed by atoms with van der Waals surface area (Å²) in [5, 5.41) is 23.7. The molecule has 3 rings (SSSR count). The first-order valence-corrected chi connectivity index (χ1v) is 21.9. The minimum Gasteiger partial charge on any atom is -0.462 e. The number of carbonyl (C=O) groups is 5. The van der Waals surface area contributed by atoms with Crippen LogP contribution in [0, 0.1) is 17.8 Å². The molecule has 0 radical (unpaired) electrons. The van der Waals surface area contributed by atoms with Crippen LogP contribution in [0.1, 0.15) is 107 Å². The fraction of sp³-hybridized carbons (Fsp3) is 0.800. The summed E-state index contributed by atoms with van der Waals surface area (Å²) in [6, 6.07) is -0.804. The molecule has 0 spiro atoms. The smallest absolute Gasteiger partial charge is 0.309 e. The fourth-order valence-electron chi connectivity index (χ4n) is 8.46. The van der Waals surface area contributed by atoms with Crippen LogP contribution in [-0.2, 0) is 66.6 Å². The second-order valence-electron chi connectivity index (χ2n) is 17.8. The Hall–Kier alpha value is -3.29. The molecule has 354 valence electrons. The first-order chi connectivity index (χ1) is 29.1. The van der Waals surface area contributed by atoms with Gasteiger partial charge >= 0.3 is 23.9 Å². The molecule has 2 saturated heterocycles. The van der Waals surface area contributed by atoms with Gasteiger partial charge in [-0.25, -0.2) is 0 Å². The maximum absolute atomic E-state index is 13.4. The third-order valence-electron chi connectivity index (χ3n) is 11.4. The quantitative estimate of drug-likeness (QED) is 0.144. The van der Waals surface area contributed by atoms with Gasteiger partial charge in [-0.05, 0) is 72.0 Å². The number of cyclic esters (lactones) is 1. The van der Waals surface area contributed by atoms with Gasteiger partial charge in [0.25, 0.3) is 0 Å². The van der Waals surface area contributed by atoms with E-state index in [1.165, 1.54) is 14.0 Å². The van der Waals surface area contributed by atoms with Gasteiger partial charge in [-0.2, -0.15) is 0 Å². The van der Waals surface area contributed by atoms with Gasteiger partial charge in [0.05, 0.1) is 30.8 Å². The molecule has 0 aromatic rings. The fourth-order valence-corrected chi connectivity index (χ4v) is 8.46. The number of aliphatic hydroxyl groups is 2. The topological polar surface area (TPSA) is 212 Å². The van der Waals surface area contributed by atoms with Crippen molar-refractivity contribution in [3.8, 4) is 0 Å². The normalized spacial score (nSPS) is 37.7. The van der Waals surface area contributed by atoms with E-state index < -0.39 is 127 Å². The van der Waals surface area contributed by atoms with E-state index in [1.54, 1.807) is 71.8 Å². The molecule has 3 aliphatic heterocycles. The van der Waals surface area contributed by atoms with Gasteiger partial charge in [0.2, 0.25) is 0 Å². The number of methoxy groups -OCH3 is 1. The number of carbonyl (C=O) groups excluding carboxylic acids is 5. The molecule has 17 heteroatoms. The molecule has 0 saturated carbocycles. The third-order valence-corrected chi connectivity index (χ3v) is 11.4. The van der Waals surface area contributed by atoms with Crippen LogP contribution in [0.4, 0.5) is 0 Å². The molecule has 0 aromatic heterocycles. The number of allylic oxidation sites excluding steroid dienone is 2. The van der Waals surface area contributed by atoms with Crippen LogP contribution in [-0.4, -0.2) is 152 Å². The summed E-state index contributed by atoms with van der Waals surface area (Å²) >= 11 is 0. The Kier molecular flexibility index (Phi) is 21.1. The summed E-state index contributed by atoms with van der Waals surface area (Å²) in [6.45, 7) is 15.2. The molecule has 3 heterocycles. The van der Waals surface area contributed by atoms with Crippen LogP contribution in [0.15, 0.2) is 24.3 Å². The van der Waals surface area contributed by atoms with Crippen molar-refractivity contribution in [2.75, 3.05) is 21.2 Å². The zero-order chi connectivity index (χ0) is 46.5. The maximum atomic E-state index is 13.4. The number of aldehydes is 1. The lowest BCUT2D eigenvalue weighted by Gasteiger charge is -2.50. The van der Waals surface area contributed by atoms with Gasteiger partial charge in [0.15, 0.2) is 18.7 Å². The minimum atomic E-state index is -1.51. The molecule has 17 nitrogen and oxygen atoms in total. The monoisotopic (exact) mass is 883 g/mol. The van der Waals surface area contributed by atoms with Gasteiger partial charge in [0, 0.05) is 46.1 Å². The number of ether oxygens (including phenoxy) is 9. The summed E-state index contributed by atoms with van der Waals surface area (Å²) in [4.78, 5) is 65.3. The highest BCUT2D eigenvalue weighted by molar-refractivity contribution is 5.72. The molecule has 0 unspecified atom stereocenters. The van der Waals surface area contributed by atoms with E-state index in [1.807, 2.05) is 26.8 Å². The first kappa shape index (κ1) is 53.1. The zero-order valence-corrected chi connectivity index (χ0v) is 38.6. The van der Waals surface area contributed by atoms with Gasteiger partial charge in [-0.15, -0.1) is 0 Å². The molecule has 2 N–H and O–H groups in total. The Balaban J connectivity index is 2.03. The number of rotatable bonds is 14. The van der Waals surface area contributed by atoms with Crippen molar-refractivity contribution in [1.29, 1.82) is 0 Å². The molecule has 0 amide bonds. The first-order valence-electron chi connectivity index (χ1n) is 21.9. The van der Waals surface area contributed by atoms with E-state index >= 15 is 0 Å². The third kappa shape index (κ3) is 15.5. The van der Waals surface area contributed by atoms with Crippen molar-refractivity contribution >= 4 is 30.2 Å². The van der Waals surface area contributed by atoms with E-state index in [9.17, 15) is 34.2 Å². The van der Waals surface area contributed by atoms with Crippen LogP contribution < -0.4 is 0 Å². The Morgan fingerprint density at radius 2 is 1.68 bits per heavy atom. The van der Waals surface area contributed by atoms with Gasteiger partial charge in [0.1, 0.15) is 48.5 Å². The van der Waals surface area contributed by atoms with Crippen molar-refractivity contribution in [3.63, 3.8) is 0 Å². The van der Waals surface area contributed by atoms with Crippen LogP contribution in [0.5, 0.6) is 0 Å². The summed E-state index contributed by atoms with van der Waals surface area (Å²) in [7, 11) is 4.85. The predicted octanol–water partition coefficient (Wildman–Crippen LogP) is 3.97. The van der Waals surface area contributed by atoms with E-state index in [0.717, 1.165) is 0 Å². The standard InChI is InChI=1S/C45H73NO16/c1-13-34(49)59-32-18-16-14-15-17-27(5)55-36(51)23-33(58-30(8)48)42(54-12)41(31(19-20-47)22-26(32)4)62-44-39(52)38(46(10)11)40(28(6)57-44)61-37-24-45(9,53)43(29(7)56-37)60-35(50)21-25(2)3/h14-16,18,20,25-29,31-33,37-44,52-53H,13,17,19,21-24H2,1-12H3/t26-,27+,28-,29+,31+,32-,33+,37-,38-,39+,40+,41-,42+,43-,44+,45+/m1/s1. The summed E-state index contributed by atoms with van der Waals surface area (Å²) in [5.41, 5.74) is -1.51. The number of nitrogens with zero attached hydrogens (tertiary/aromatic N) is 1. The lowest BCUT2D eigenvalue weighted by Crippen LogP contribution is -2.66.